The van der Waals surface area contributed by atoms with Gasteiger partial charge in [0, 0.05) is 9.85 Å². The summed E-state index contributed by atoms with van der Waals surface area (Å²) in [5.74, 6) is 0. The van der Waals surface area contributed by atoms with Crippen LogP contribution in [0.25, 0.3) is 0 Å². The van der Waals surface area contributed by atoms with Gasteiger partial charge in [-0.2, -0.15) is 22.7 Å². The number of hydrogen-bond donors (Lipinski definition) is 1. The first-order valence-electron chi connectivity index (χ1n) is 4.65. The van der Waals surface area contributed by atoms with Crippen LogP contribution in [0.15, 0.2) is 26.0 Å². The highest BCUT2D eigenvalue weighted by molar-refractivity contribution is 9.10. The molecule has 0 amide bonds. The van der Waals surface area contributed by atoms with Crippen LogP contribution in [0.2, 0.25) is 0 Å². The van der Waals surface area contributed by atoms with Crippen molar-refractivity contribution in [2.24, 2.45) is 0 Å². The molecule has 2 rings (SSSR count). The summed E-state index contributed by atoms with van der Waals surface area (Å²) in [6.45, 7) is 2.16. The van der Waals surface area contributed by atoms with E-state index in [1.807, 2.05) is 7.05 Å². The van der Waals surface area contributed by atoms with E-state index in [1.165, 1.54) is 21.2 Å². The number of rotatable bonds is 3. The lowest BCUT2D eigenvalue weighted by Gasteiger charge is -2.15. The minimum absolute atomic E-state index is 0.303. The van der Waals surface area contributed by atoms with Crippen LogP contribution in [-0.2, 0) is 0 Å². The van der Waals surface area contributed by atoms with Gasteiger partial charge < -0.3 is 5.32 Å². The van der Waals surface area contributed by atoms with Crippen molar-refractivity contribution in [3.8, 4) is 0 Å². The van der Waals surface area contributed by atoms with E-state index in [0.29, 0.717) is 6.04 Å². The molecule has 15 heavy (non-hydrogen) atoms. The molecule has 0 fully saturated rings. The van der Waals surface area contributed by atoms with Crippen LogP contribution < -0.4 is 5.32 Å². The van der Waals surface area contributed by atoms with Gasteiger partial charge in [0.1, 0.15) is 0 Å². The normalized spacial score (nSPS) is 13.0. The first kappa shape index (κ1) is 11.3. The predicted molar refractivity (Wildman–Crippen MR) is 72.0 cm³/mol. The van der Waals surface area contributed by atoms with Gasteiger partial charge >= 0.3 is 0 Å². The molecular weight excluding hydrogens is 290 g/mol. The van der Waals surface area contributed by atoms with Crippen molar-refractivity contribution >= 4 is 38.6 Å². The average molecular weight is 302 g/mol. The molecule has 80 valence electrons. The van der Waals surface area contributed by atoms with E-state index in [2.05, 4.69) is 49.7 Å². The number of thiophene rings is 2. The molecule has 0 bridgehead atoms. The van der Waals surface area contributed by atoms with E-state index in [-0.39, 0.29) is 0 Å². The van der Waals surface area contributed by atoms with Crippen molar-refractivity contribution in [2.75, 3.05) is 7.05 Å². The summed E-state index contributed by atoms with van der Waals surface area (Å²) in [4.78, 5) is 0. The summed E-state index contributed by atoms with van der Waals surface area (Å²) in [6.07, 6.45) is 0. The van der Waals surface area contributed by atoms with Gasteiger partial charge in [-0.1, -0.05) is 0 Å². The Morgan fingerprint density at radius 2 is 1.80 bits per heavy atom. The van der Waals surface area contributed by atoms with Gasteiger partial charge in [-0.15, -0.1) is 0 Å². The van der Waals surface area contributed by atoms with Gasteiger partial charge in [-0.05, 0) is 62.7 Å². The second-order valence-electron chi connectivity index (χ2n) is 3.41. The molecule has 0 spiro atoms. The molecule has 4 heteroatoms. The molecule has 0 aliphatic carbocycles. The third-order valence-electron chi connectivity index (χ3n) is 2.45. The van der Waals surface area contributed by atoms with Crippen molar-refractivity contribution in [1.29, 1.82) is 0 Å². The topological polar surface area (TPSA) is 12.0 Å². The lowest BCUT2D eigenvalue weighted by Crippen LogP contribution is -2.17. The number of nitrogens with one attached hydrogen (secondary N) is 1. The van der Waals surface area contributed by atoms with Crippen molar-refractivity contribution in [1.82, 2.24) is 5.32 Å². The fourth-order valence-corrected chi connectivity index (χ4v) is 4.07. The second-order valence-corrected chi connectivity index (χ2v) is 5.75. The Kier molecular flexibility index (Phi) is 3.61. The maximum absolute atomic E-state index is 3.59. The molecular formula is C11H12BrNS2. The van der Waals surface area contributed by atoms with Crippen LogP contribution in [0.1, 0.15) is 22.7 Å². The van der Waals surface area contributed by atoms with E-state index < -0.39 is 0 Å². The van der Waals surface area contributed by atoms with E-state index in [4.69, 9.17) is 0 Å². The highest BCUT2D eigenvalue weighted by Crippen LogP contribution is 2.33. The van der Waals surface area contributed by atoms with Gasteiger partial charge in [0.15, 0.2) is 0 Å². The molecule has 0 aromatic carbocycles. The fraction of sp³-hybridized carbons (Fsp3) is 0.273. The summed E-state index contributed by atoms with van der Waals surface area (Å²) < 4.78 is 1.19. The molecule has 2 aromatic rings. The van der Waals surface area contributed by atoms with Crippen LogP contribution in [0.4, 0.5) is 0 Å². The molecule has 0 radical (unpaired) electrons. The highest BCUT2D eigenvalue weighted by Gasteiger charge is 2.17. The Morgan fingerprint density at radius 3 is 2.27 bits per heavy atom. The molecule has 2 aromatic heterocycles. The third-order valence-corrected chi connectivity index (χ3v) is 5.08. The Labute approximate surface area is 106 Å². The van der Waals surface area contributed by atoms with Gasteiger partial charge in [0.25, 0.3) is 0 Å². The predicted octanol–water partition coefficient (Wildman–Crippen LogP) is 4.19. The smallest absolute Gasteiger partial charge is 0.0604 e. The van der Waals surface area contributed by atoms with Gasteiger partial charge in [-0.25, -0.2) is 0 Å². The Balaban J connectivity index is 2.41. The molecule has 1 unspecified atom stereocenters. The molecule has 0 aliphatic rings. The first-order chi connectivity index (χ1) is 7.24. The van der Waals surface area contributed by atoms with Crippen molar-refractivity contribution in [3.05, 3.63) is 42.7 Å². The van der Waals surface area contributed by atoms with Gasteiger partial charge in [0.05, 0.1) is 6.04 Å². The maximum atomic E-state index is 3.59. The molecule has 1 nitrogen and oxygen atoms in total. The molecule has 2 heterocycles. The van der Waals surface area contributed by atoms with Gasteiger partial charge in [0.2, 0.25) is 0 Å². The summed E-state index contributed by atoms with van der Waals surface area (Å²) >= 11 is 7.08. The number of halogens is 1. The van der Waals surface area contributed by atoms with Crippen molar-refractivity contribution in [2.45, 2.75) is 13.0 Å². The first-order valence-corrected chi connectivity index (χ1v) is 7.33. The van der Waals surface area contributed by atoms with E-state index >= 15 is 0 Å². The summed E-state index contributed by atoms with van der Waals surface area (Å²) in [5.41, 5.74) is 4.06. The van der Waals surface area contributed by atoms with Crippen LogP contribution in [-0.4, -0.2) is 7.05 Å². The third kappa shape index (κ3) is 2.18. The quantitative estimate of drug-likeness (QED) is 0.896. The molecule has 0 saturated heterocycles. The minimum Gasteiger partial charge on any atom is -0.309 e. The minimum atomic E-state index is 0.303. The largest absolute Gasteiger partial charge is 0.309 e. The lowest BCUT2D eigenvalue weighted by molar-refractivity contribution is 0.690. The SMILES string of the molecule is CNC(c1cscc1C)c1cscc1Br. The Morgan fingerprint density at radius 1 is 1.13 bits per heavy atom. The Bertz CT molecular complexity index is 407. The summed E-state index contributed by atoms with van der Waals surface area (Å²) in [6, 6.07) is 0.303. The second kappa shape index (κ2) is 4.78. The average Bonchev–Trinajstić information content (AvgIpc) is 2.80. The standard InChI is InChI=1S/C11H12BrNS2/c1-7-3-14-4-8(7)11(13-2)9-5-15-6-10(9)12/h3-6,11,13H,1-2H3. The zero-order chi connectivity index (χ0) is 10.8. The number of aryl methyl sites for hydroxylation is 1. The summed E-state index contributed by atoms with van der Waals surface area (Å²) in [7, 11) is 2.01. The van der Waals surface area contributed by atoms with E-state index in [0.717, 1.165) is 0 Å². The van der Waals surface area contributed by atoms with Crippen LogP contribution >= 0.6 is 38.6 Å². The molecule has 0 saturated carbocycles. The van der Waals surface area contributed by atoms with Gasteiger partial charge in [-0.3, -0.25) is 0 Å². The zero-order valence-corrected chi connectivity index (χ0v) is 11.8. The molecule has 1 N–H and O–H groups in total. The molecule has 1 atom stereocenters. The number of hydrogen-bond acceptors (Lipinski definition) is 3. The zero-order valence-electron chi connectivity index (χ0n) is 8.58. The van der Waals surface area contributed by atoms with Crippen LogP contribution in [0, 0.1) is 6.92 Å². The fourth-order valence-electron chi connectivity index (χ4n) is 1.64. The van der Waals surface area contributed by atoms with Crippen LogP contribution in [0.3, 0.4) is 0 Å². The van der Waals surface area contributed by atoms with Crippen molar-refractivity contribution in [3.63, 3.8) is 0 Å². The maximum Gasteiger partial charge on any atom is 0.0604 e. The highest BCUT2D eigenvalue weighted by atomic mass is 79.9. The summed E-state index contributed by atoms with van der Waals surface area (Å²) in [5, 5.41) is 12.1. The van der Waals surface area contributed by atoms with E-state index in [1.54, 1.807) is 22.7 Å². The lowest BCUT2D eigenvalue weighted by atomic mass is 10.0. The molecule has 0 aliphatic heterocycles. The van der Waals surface area contributed by atoms with Crippen molar-refractivity contribution < 1.29 is 0 Å². The van der Waals surface area contributed by atoms with Crippen LogP contribution in [0.5, 0.6) is 0 Å². The Hall–Kier alpha value is -0.160. The van der Waals surface area contributed by atoms with E-state index in [9.17, 15) is 0 Å². The monoisotopic (exact) mass is 301 g/mol.